The second-order valence-corrected chi connectivity index (χ2v) is 6.13. The average molecular weight is 400 g/mol. The molecule has 5 nitrogen and oxygen atoms in total. The Bertz CT molecular complexity index is 584. The van der Waals surface area contributed by atoms with Crippen molar-refractivity contribution in [3.8, 4) is 0 Å². The minimum Gasteiger partial charge on any atom is -0.478 e. The zero-order valence-electron chi connectivity index (χ0n) is 11.5. The minimum atomic E-state index is -1.06. The molecule has 6 heteroatoms. The molecule has 2 amide bonds. The number of aromatic carboxylic acids is 1. The van der Waals surface area contributed by atoms with Crippen LogP contribution in [0.15, 0.2) is 29.8 Å². The highest BCUT2D eigenvalue weighted by atomic mass is 127. The molecule has 0 radical (unpaired) electrons. The smallest absolute Gasteiger partial charge is 0.337 e. The van der Waals surface area contributed by atoms with E-state index < -0.39 is 5.97 Å². The van der Waals surface area contributed by atoms with Crippen molar-refractivity contribution in [1.29, 1.82) is 0 Å². The molecule has 0 aromatic heterocycles. The lowest BCUT2D eigenvalue weighted by atomic mass is 10.1. The summed E-state index contributed by atoms with van der Waals surface area (Å²) >= 11 is 2.04. The van der Waals surface area contributed by atoms with E-state index >= 15 is 0 Å². The second kappa shape index (κ2) is 7.44. The van der Waals surface area contributed by atoms with Crippen molar-refractivity contribution in [2.75, 3.05) is 11.9 Å². The lowest BCUT2D eigenvalue weighted by Gasteiger charge is -2.10. The fourth-order valence-electron chi connectivity index (χ4n) is 2.27. The van der Waals surface area contributed by atoms with Gasteiger partial charge in [0.05, 0.1) is 11.3 Å². The molecule has 1 aromatic carbocycles. The molecule has 112 valence electrons. The largest absolute Gasteiger partial charge is 0.478 e. The summed E-state index contributed by atoms with van der Waals surface area (Å²) in [5.41, 5.74) is 1.78. The Morgan fingerprint density at radius 2 is 2.14 bits per heavy atom. The van der Waals surface area contributed by atoms with Crippen molar-refractivity contribution < 1.29 is 14.7 Å². The summed E-state index contributed by atoms with van der Waals surface area (Å²) < 4.78 is 0.809. The molecule has 2 rings (SSSR count). The van der Waals surface area contributed by atoms with Crippen molar-refractivity contribution in [2.24, 2.45) is 0 Å². The van der Waals surface area contributed by atoms with Crippen LogP contribution >= 0.6 is 22.6 Å². The van der Waals surface area contributed by atoms with E-state index in [0.717, 1.165) is 22.8 Å². The van der Waals surface area contributed by atoms with Crippen molar-refractivity contribution in [2.45, 2.75) is 25.7 Å². The van der Waals surface area contributed by atoms with Gasteiger partial charge in [-0.1, -0.05) is 11.6 Å². The van der Waals surface area contributed by atoms with E-state index in [0.29, 0.717) is 12.2 Å². The van der Waals surface area contributed by atoms with E-state index in [1.165, 1.54) is 18.1 Å². The number of carboxylic acids is 1. The first-order valence-electron chi connectivity index (χ1n) is 6.82. The van der Waals surface area contributed by atoms with Gasteiger partial charge in [0.2, 0.25) is 0 Å². The lowest BCUT2D eigenvalue weighted by molar-refractivity contribution is 0.0698. The van der Waals surface area contributed by atoms with Crippen molar-refractivity contribution in [1.82, 2.24) is 5.32 Å². The van der Waals surface area contributed by atoms with E-state index in [-0.39, 0.29) is 11.6 Å². The molecule has 0 heterocycles. The van der Waals surface area contributed by atoms with Gasteiger partial charge in [-0.3, -0.25) is 0 Å². The molecular weight excluding hydrogens is 383 g/mol. The number of urea groups is 1. The molecule has 1 aliphatic carbocycles. The Morgan fingerprint density at radius 1 is 1.33 bits per heavy atom. The summed E-state index contributed by atoms with van der Waals surface area (Å²) in [6.07, 6.45) is 6.52. The van der Waals surface area contributed by atoms with Gasteiger partial charge in [-0.15, -0.1) is 0 Å². The summed E-state index contributed by atoms with van der Waals surface area (Å²) in [7, 11) is 0. The first kappa shape index (κ1) is 15.8. The number of benzene rings is 1. The summed E-state index contributed by atoms with van der Waals surface area (Å²) in [5.74, 6) is -1.06. The van der Waals surface area contributed by atoms with Gasteiger partial charge in [0.15, 0.2) is 0 Å². The molecule has 3 N–H and O–H groups in total. The Kier molecular flexibility index (Phi) is 5.60. The van der Waals surface area contributed by atoms with E-state index in [9.17, 15) is 9.59 Å². The lowest BCUT2D eigenvalue weighted by Crippen LogP contribution is -2.30. The van der Waals surface area contributed by atoms with Gasteiger partial charge in [0, 0.05) is 10.1 Å². The molecule has 0 atom stereocenters. The van der Waals surface area contributed by atoms with Crippen molar-refractivity contribution in [3.05, 3.63) is 39.0 Å². The fraction of sp³-hybridized carbons (Fsp3) is 0.333. The number of carboxylic acid groups (broad SMARTS) is 1. The molecule has 0 unspecified atom stereocenters. The summed E-state index contributed by atoms with van der Waals surface area (Å²) in [4.78, 5) is 23.0. The van der Waals surface area contributed by atoms with E-state index in [2.05, 4.69) is 16.7 Å². The summed E-state index contributed by atoms with van der Waals surface area (Å²) in [5, 5.41) is 14.5. The van der Waals surface area contributed by atoms with Gasteiger partial charge in [-0.25, -0.2) is 9.59 Å². The highest BCUT2D eigenvalue weighted by Gasteiger charge is 2.13. The number of allylic oxidation sites excluding steroid dienone is 1. The van der Waals surface area contributed by atoms with Crippen molar-refractivity contribution in [3.63, 3.8) is 0 Å². The fourth-order valence-corrected chi connectivity index (χ4v) is 2.76. The quantitative estimate of drug-likeness (QED) is 0.522. The van der Waals surface area contributed by atoms with E-state index in [1.54, 1.807) is 12.1 Å². The van der Waals surface area contributed by atoms with Crippen LogP contribution in [0, 0.1) is 3.57 Å². The standard InChI is InChI=1S/C15H17IN2O3/c16-11-5-6-13(12(9-11)14(19)20)18-15(21)17-8-7-10-3-1-2-4-10/h3,5-6,9H,1-2,4,7-8H2,(H,19,20)(H2,17,18,21). The molecule has 0 saturated carbocycles. The highest BCUT2D eigenvalue weighted by molar-refractivity contribution is 14.1. The molecule has 1 aliphatic rings. The predicted octanol–water partition coefficient (Wildman–Crippen LogP) is 3.61. The zero-order chi connectivity index (χ0) is 15.2. The number of nitrogens with one attached hydrogen (secondary N) is 2. The monoisotopic (exact) mass is 400 g/mol. The molecule has 0 spiro atoms. The van der Waals surface area contributed by atoms with Crippen LogP contribution < -0.4 is 10.6 Å². The molecule has 1 aromatic rings. The maximum absolute atomic E-state index is 11.8. The Hall–Kier alpha value is -1.57. The topological polar surface area (TPSA) is 78.4 Å². The van der Waals surface area contributed by atoms with Crippen LogP contribution in [0.2, 0.25) is 0 Å². The summed E-state index contributed by atoms with van der Waals surface area (Å²) in [6.45, 7) is 0.560. The Balaban J connectivity index is 1.88. The van der Waals surface area contributed by atoms with Gasteiger partial charge >= 0.3 is 12.0 Å². The van der Waals surface area contributed by atoms with Gasteiger partial charge in [-0.2, -0.15) is 0 Å². The van der Waals surface area contributed by atoms with E-state index in [1.807, 2.05) is 22.6 Å². The number of halogens is 1. The first-order valence-corrected chi connectivity index (χ1v) is 7.90. The van der Waals surface area contributed by atoms with Crippen LogP contribution in [0.1, 0.15) is 36.0 Å². The van der Waals surface area contributed by atoms with Crippen LogP contribution in [-0.2, 0) is 0 Å². The van der Waals surface area contributed by atoms with Crippen LogP contribution in [0.25, 0.3) is 0 Å². The average Bonchev–Trinajstić information content (AvgIpc) is 2.94. The normalized spacial score (nSPS) is 13.7. The van der Waals surface area contributed by atoms with Gasteiger partial charge in [0.1, 0.15) is 0 Å². The second-order valence-electron chi connectivity index (χ2n) is 4.88. The number of hydrogen-bond acceptors (Lipinski definition) is 2. The van der Waals surface area contributed by atoms with Crippen LogP contribution in [0.5, 0.6) is 0 Å². The van der Waals surface area contributed by atoms with Crippen LogP contribution in [0.3, 0.4) is 0 Å². The van der Waals surface area contributed by atoms with E-state index in [4.69, 9.17) is 5.11 Å². The summed E-state index contributed by atoms with van der Waals surface area (Å²) in [6, 6.07) is 4.51. The Morgan fingerprint density at radius 3 is 2.81 bits per heavy atom. The third-order valence-electron chi connectivity index (χ3n) is 3.33. The van der Waals surface area contributed by atoms with Crippen molar-refractivity contribution >= 4 is 40.3 Å². The Labute approximate surface area is 136 Å². The molecular formula is C15H17IN2O3. The molecule has 0 fully saturated rings. The number of hydrogen-bond donors (Lipinski definition) is 3. The van der Waals surface area contributed by atoms with Crippen LogP contribution in [0.4, 0.5) is 10.5 Å². The third kappa shape index (κ3) is 4.73. The number of rotatable bonds is 5. The zero-order valence-corrected chi connectivity index (χ0v) is 13.6. The number of anilines is 1. The highest BCUT2D eigenvalue weighted by Crippen LogP contribution is 2.20. The van der Waals surface area contributed by atoms with Gasteiger partial charge in [0.25, 0.3) is 0 Å². The number of carbonyl (C=O) groups is 2. The molecule has 0 bridgehead atoms. The molecule has 0 saturated heterocycles. The SMILES string of the molecule is O=C(NCCC1=CCCC1)Nc1ccc(I)cc1C(=O)O. The number of carbonyl (C=O) groups excluding carboxylic acids is 1. The number of amides is 2. The minimum absolute atomic E-state index is 0.0931. The first-order chi connectivity index (χ1) is 10.1. The predicted molar refractivity (Wildman–Crippen MR) is 89.7 cm³/mol. The third-order valence-corrected chi connectivity index (χ3v) is 4.00. The maximum Gasteiger partial charge on any atom is 0.337 e. The maximum atomic E-state index is 11.8. The molecule has 21 heavy (non-hydrogen) atoms. The van der Waals surface area contributed by atoms with Crippen LogP contribution in [-0.4, -0.2) is 23.7 Å². The van der Waals surface area contributed by atoms with Gasteiger partial charge < -0.3 is 15.7 Å². The van der Waals surface area contributed by atoms with Gasteiger partial charge in [-0.05, 0) is 66.5 Å². The molecule has 0 aliphatic heterocycles.